The predicted octanol–water partition coefficient (Wildman–Crippen LogP) is 4.10. The Morgan fingerprint density at radius 3 is 2.79 bits per heavy atom. The standard InChI is InChI=1S/C21H32O3/c1-20-8-7-17-16(18(20)10-13(12-20)19(23)24-3)5-4-14-11-15(22)6-9-21(14,17)2/h4,13,15-18,22H,5-12H2,1-3H3/t13-,15+,16-,17+,18+,20-,21+/m1/s1. The third-order valence-corrected chi connectivity index (χ3v) is 8.38. The zero-order chi connectivity index (χ0) is 17.1. The zero-order valence-corrected chi connectivity index (χ0v) is 15.4. The van der Waals surface area contributed by atoms with Crippen LogP contribution in [0.3, 0.4) is 0 Å². The fourth-order valence-electron chi connectivity index (χ4n) is 7.05. The van der Waals surface area contributed by atoms with Crippen LogP contribution in [0, 0.1) is 34.5 Å². The number of esters is 1. The number of carbonyl (C=O) groups excluding carboxylic acids is 1. The molecule has 4 aliphatic carbocycles. The van der Waals surface area contributed by atoms with Gasteiger partial charge in [-0.2, -0.15) is 0 Å². The van der Waals surface area contributed by atoms with Crippen molar-refractivity contribution in [2.75, 3.05) is 7.11 Å². The van der Waals surface area contributed by atoms with Crippen molar-refractivity contribution in [2.45, 2.75) is 71.3 Å². The molecule has 0 aromatic rings. The van der Waals surface area contributed by atoms with E-state index in [-0.39, 0.29) is 23.4 Å². The number of allylic oxidation sites excluding steroid dienone is 1. The molecule has 0 radical (unpaired) electrons. The molecule has 4 rings (SSSR count). The van der Waals surface area contributed by atoms with E-state index >= 15 is 0 Å². The second-order valence-electron chi connectivity index (χ2n) is 9.51. The Balaban J connectivity index is 1.62. The van der Waals surface area contributed by atoms with Crippen LogP contribution in [0.25, 0.3) is 0 Å². The van der Waals surface area contributed by atoms with Crippen molar-refractivity contribution in [2.24, 2.45) is 34.5 Å². The van der Waals surface area contributed by atoms with Gasteiger partial charge < -0.3 is 9.84 Å². The van der Waals surface area contributed by atoms with Crippen LogP contribution in [0.4, 0.5) is 0 Å². The summed E-state index contributed by atoms with van der Waals surface area (Å²) in [5.41, 5.74) is 2.12. The van der Waals surface area contributed by atoms with Crippen LogP contribution in [0.1, 0.15) is 65.2 Å². The normalized spacial score (nSPS) is 50.3. The van der Waals surface area contributed by atoms with Crippen molar-refractivity contribution in [3.8, 4) is 0 Å². The minimum atomic E-state index is -0.134. The summed E-state index contributed by atoms with van der Waals surface area (Å²) < 4.78 is 5.06. The van der Waals surface area contributed by atoms with E-state index in [0.717, 1.165) is 44.4 Å². The fourth-order valence-corrected chi connectivity index (χ4v) is 7.05. The maximum atomic E-state index is 12.1. The van der Waals surface area contributed by atoms with Crippen LogP contribution < -0.4 is 0 Å². The molecule has 0 spiro atoms. The second kappa shape index (κ2) is 5.59. The van der Waals surface area contributed by atoms with Gasteiger partial charge in [0.25, 0.3) is 0 Å². The summed E-state index contributed by atoms with van der Waals surface area (Å²) in [4.78, 5) is 12.1. The molecule has 3 heteroatoms. The molecule has 0 bridgehead atoms. The van der Waals surface area contributed by atoms with Crippen molar-refractivity contribution in [3.63, 3.8) is 0 Å². The van der Waals surface area contributed by atoms with E-state index in [2.05, 4.69) is 19.9 Å². The Labute approximate surface area is 145 Å². The lowest BCUT2D eigenvalue weighted by atomic mass is 9.48. The first-order chi connectivity index (χ1) is 11.4. The highest BCUT2D eigenvalue weighted by atomic mass is 16.5. The van der Waals surface area contributed by atoms with E-state index in [1.54, 1.807) is 0 Å². The summed E-state index contributed by atoms with van der Waals surface area (Å²) in [6.07, 6.45) is 11.0. The third-order valence-electron chi connectivity index (χ3n) is 8.38. The van der Waals surface area contributed by atoms with Gasteiger partial charge in [-0.15, -0.1) is 0 Å². The molecule has 3 fully saturated rings. The molecule has 0 aliphatic heterocycles. The molecule has 3 saturated carbocycles. The van der Waals surface area contributed by atoms with Gasteiger partial charge in [-0.25, -0.2) is 0 Å². The van der Waals surface area contributed by atoms with Gasteiger partial charge in [-0.3, -0.25) is 4.79 Å². The molecule has 0 aromatic carbocycles. The summed E-state index contributed by atoms with van der Waals surface area (Å²) in [5.74, 6) is 2.21. The summed E-state index contributed by atoms with van der Waals surface area (Å²) in [7, 11) is 1.53. The Morgan fingerprint density at radius 2 is 2.04 bits per heavy atom. The average molecular weight is 332 g/mol. The first-order valence-electron chi connectivity index (χ1n) is 9.83. The number of ether oxygens (including phenoxy) is 1. The Morgan fingerprint density at radius 1 is 1.25 bits per heavy atom. The topological polar surface area (TPSA) is 46.5 Å². The van der Waals surface area contributed by atoms with Crippen LogP contribution in [-0.4, -0.2) is 24.3 Å². The van der Waals surface area contributed by atoms with Gasteiger partial charge in [0.05, 0.1) is 19.1 Å². The lowest BCUT2D eigenvalue weighted by Gasteiger charge is -2.57. The van der Waals surface area contributed by atoms with E-state index in [1.165, 1.54) is 25.5 Å². The highest BCUT2D eigenvalue weighted by Gasteiger charge is 2.58. The third kappa shape index (κ3) is 2.30. The average Bonchev–Trinajstić information content (AvgIpc) is 2.92. The monoisotopic (exact) mass is 332 g/mol. The van der Waals surface area contributed by atoms with E-state index < -0.39 is 0 Å². The van der Waals surface area contributed by atoms with Crippen molar-refractivity contribution >= 4 is 5.97 Å². The van der Waals surface area contributed by atoms with Gasteiger partial charge in [0.15, 0.2) is 0 Å². The molecule has 3 nitrogen and oxygen atoms in total. The molecular formula is C21H32O3. The molecule has 1 N–H and O–H groups in total. The van der Waals surface area contributed by atoms with Crippen LogP contribution in [0.5, 0.6) is 0 Å². The van der Waals surface area contributed by atoms with Crippen molar-refractivity contribution in [1.29, 1.82) is 0 Å². The second-order valence-corrected chi connectivity index (χ2v) is 9.51. The number of fused-ring (bicyclic) bond motifs is 5. The van der Waals surface area contributed by atoms with Gasteiger partial charge in [-0.1, -0.05) is 25.5 Å². The molecule has 0 unspecified atom stereocenters. The number of hydrogen-bond acceptors (Lipinski definition) is 3. The van der Waals surface area contributed by atoms with Crippen LogP contribution in [0.15, 0.2) is 11.6 Å². The van der Waals surface area contributed by atoms with Crippen LogP contribution in [-0.2, 0) is 9.53 Å². The van der Waals surface area contributed by atoms with Crippen LogP contribution >= 0.6 is 0 Å². The first-order valence-corrected chi connectivity index (χ1v) is 9.83. The number of rotatable bonds is 1. The highest BCUT2D eigenvalue weighted by molar-refractivity contribution is 5.72. The number of hydrogen-bond donors (Lipinski definition) is 1. The van der Waals surface area contributed by atoms with E-state index in [4.69, 9.17) is 4.74 Å². The molecular weight excluding hydrogens is 300 g/mol. The van der Waals surface area contributed by atoms with Gasteiger partial charge >= 0.3 is 5.97 Å². The molecule has 7 atom stereocenters. The minimum absolute atomic E-state index is 0.00113. The van der Waals surface area contributed by atoms with E-state index in [0.29, 0.717) is 17.3 Å². The van der Waals surface area contributed by atoms with Crippen LogP contribution in [0.2, 0.25) is 0 Å². The molecule has 0 heterocycles. The Bertz CT molecular complexity index is 567. The predicted molar refractivity (Wildman–Crippen MR) is 93.2 cm³/mol. The molecule has 134 valence electrons. The Hall–Kier alpha value is -0.830. The minimum Gasteiger partial charge on any atom is -0.469 e. The lowest BCUT2D eigenvalue weighted by molar-refractivity contribution is -0.145. The van der Waals surface area contributed by atoms with Gasteiger partial charge in [-0.05, 0) is 80.0 Å². The molecule has 0 saturated heterocycles. The van der Waals surface area contributed by atoms with E-state index in [9.17, 15) is 9.90 Å². The highest BCUT2D eigenvalue weighted by Crippen LogP contribution is 2.65. The maximum Gasteiger partial charge on any atom is 0.308 e. The molecule has 4 aliphatic rings. The summed E-state index contributed by atoms with van der Waals surface area (Å²) in [5, 5.41) is 10.1. The number of carbonyl (C=O) groups is 1. The van der Waals surface area contributed by atoms with Gasteiger partial charge in [0, 0.05) is 0 Å². The smallest absolute Gasteiger partial charge is 0.308 e. The quantitative estimate of drug-likeness (QED) is 0.581. The van der Waals surface area contributed by atoms with Crippen molar-refractivity contribution in [3.05, 3.63) is 11.6 Å². The summed E-state index contributed by atoms with van der Waals surface area (Å²) in [6.45, 7) is 4.87. The molecule has 24 heavy (non-hydrogen) atoms. The number of aliphatic hydroxyl groups is 1. The molecule has 0 aromatic heterocycles. The zero-order valence-electron chi connectivity index (χ0n) is 15.4. The number of aliphatic hydroxyl groups excluding tert-OH is 1. The van der Waals surface area contributed by atoms with Crippen molar-refractivity contribution in [1.82, 2.24) is 0 Å². The molecule has 0 amide bonds. The van der Waals surface area contributed by atoms with Gasteiger partial charge in [0.1, 0.15) is 0 Å². The summed E-state index contributed by atoms with van der Waals surface area (Å²) >= 11 is 0. The maximum absolute atomic E-state index is 12.1. The largest absolute Gasteiger partial charge is 0.469 e. The van der Waals surface area contributed by atoms with Gasteiger partial charge in [0.2, 0.25) is 0 Å². The van der Waals surface area contributed by atoms with E-state index in [1.807, 2.05) is 0 Å². The fraction of sp³-hybridized carbons (Fsp3) is 0.857. The Kier molecular flexibility index (Phi) is 3.87. The van der Waals surface area contributed by atoms with Crippen molar-refractivity contribution < 1.29 is 14.6 Å². The summed E-state index contributed by atoms with van der Waals surface area (Å²) in [6, 6.07) is 0. The number of methoxy groups -OCH3 is 1. The lowest BCUT2D eigenvalue weighted by Crippen LogP contribution is -2.49. The first kappa shape index (κ1) is 16.6. The SMILES string of the molecule is COC(=O)[C@@H]1C[C@H]2[C@@H]3CC=C4C[C@@H](O)CC[C@]4(C)[C@H]3CC[C@]2(C)C1.